The lowest BCUT2D eigenvalue weighted by atomic mass is 9.90. The summed E-state index contributed by atoms with van der Waals surface area (Å²) in [6, 6.07) is 0.495. The highest BCUT2D eigenvalue weighted by Crippen LogP contribution is 2.25. The number of carbonyl (C=O) groups is 1. The molecule has 1 amide bonds. The van der Waals surface area contributed by atoms with Crippen LogP contribution in [0.4, 0.5) is 0 Å². The zero-order valence-corrected chi connectivity index (χ0v) is 12.7. The normalized spacial score (nSPS) is 25.8. The highest BCUT2D eigenvalue weighted by molar-refractivity contribution is 5.76. The summed E-state index contributed by atoms with van der Waals surface area (Å²) in [6.07, 6.45) is 8.07. The third-order valence-corrected chi connectivity index (χ3v) is 4.86. The fraction of sp³-hybridized carbons (Fsp3) is 0.938. The van der Waals surface area contributed by atoms with Crippen LogP contribution in [0.2, 0.25) is 0 Å². The zero-order valence-electron chi connectivity index (χ0n) is 12.7. The third kappa shape index (κ3) is 4.20. The van der Waals surface area contributed by atoms with Crippen molar-refractivity contribution >= 4 is 5.91 Å². The number of piperidine rings is 2. The number of likely N-dealkylation sites (tertiary alicyclic amines) is 1. The molecule has 0 spiro atoms. The average molecular weight is 266 g/mol. The molecule has 3 nitrogen and oxygen atoms in total. The summed E-state index contributed by atoms with van der Waals surface area (Å²) in [5, 5.41) is 3.39. The van der Waals surface area contributed by atoms with Gasteiger partial charge in [-0.25, -0.2) is 0 Å². The summed E-state index contributed by atoms with van der Waals surface area (Å²) >= 11 is 0. The maximum absolute atomic E-state index is 12.5. The Morgan fingerprint density at radius 2 is 1.95 bits per heavy atom. The van der Waals surface area contributed by atoms with Crippen LogP contribution in [0, 0.1) is 11.8 Å². The smallest absolute Gasteiger partial charge is 0.222 e. The van der Waals surface area contributed by atoms with Crippen molar-refractivity contribution in [2.24, 2.45) is 11.8 Å². The molecule has 0 aromatic heterocycles. The molecule has 1 unspecified atom stereocenters. The molecule has 2 aliphatic heterocycles. The van der Waals surface area contributed by atoms with Gasteiger partial charge in [-0.15, -0.1) is 0 Å². The number of amides is 1. The lowest BCUT2D eigenvalue weighted by molar-refractivity contribution is -0.136. The van der Waals surface area contributed by atoms with Gasteiger partial charge in [-0.3, -0.25) is 4.79 Å². The van der Waals surface area contributed by atoms with Gasteiger partial charge in [0, 0.05) is 19.0 Å². The Morgan fingerprint density at radius 3 is 2.63 bits per heavy atom. The second-order valence-electron chi connectivity index (χ2n) is 6.63. The molecule has 0 saturated carbocycles. The maximum atomic E-state index is 12.5. The second-order valence-corrected chi connectivity index (χ2v) is 6.63. The lowest BCUT2D eigenvalue weighted by Gasteiger charge is -2.38. The molecule has 0 radical (unpaired) electrons. The number of carbonyl (C=O) groups excluding carboxylic acids is 1. The van der Waals surface area contributed by atoms with Gasteiger partial charge >= 0.3 is 0 Å². The van der Waals surface area contributed by atoms with Crippen molar-refractivity contribution in [2.75, 3.05) is 19.6 Å². The molecule has 0 aromatic rings. The summed E-state index contributed by atoms with van der Waals surface area (Å²) in [6.45, 7) is 7.77. The van der Waals surface area contributed by atoms with E-state index in [0.29, 0.717) is 17.9 Å². The summed E-state index contributed by atoms with van der Waals surface area (Å²) in [5.74, 6) is 1.78. The minimum absolute atomic E-state index is 0.414. The first-order chi connectivity index (χ1) is 9.18. The first-order valence-electron chi connectivity index (χ1n) is 8.18. The molecule has 1 atom stereocenters. The minimum atomic E-state index is 0.414. The molecule has 2 fully saturated rings. The molecule has 19 heavy (non-hydrogen) atoms. The van der Waals surface area contributed by atoms with Crippen molar-refractivity contribution in [2.45, 2.75) is 64.8 Å². The van der Waals surface area contributed by atoms with Crippen molar-refractivity contribution in [1.82, 2.24) is 10.2 Å². The molecule has 1 N–H and O–H groups in total. The van der Waals surface area contributed by atoms with Crippen LogP contribution in [-0.2, 0) is 4.79 Å². The first kappa shape index (κ1) is 14.8. The van der Waals surface area contributed by atoms with Gasteiger partial charge in [-0.05, 0) is 63.5 Å². The number of nitrogens with zero attached hydrogens (tertiary/aromatic N) is 1. The monoisotopic (exact) mass is 266 g/mol. The van der Waals surface area contributed by atoms with Gasteiger partial charge in [0.05, 0.1) is 0 Å². The van der Waals surface area contributed by atoms with Gasteiger partial charge in [0.1, 0.15) is 0 Å². The van der Waals surface area contributed by atoms with Gasteiger partial charge in [-0.1, -0.05) is 13.8 Å². The van der Waals surface area contributed by atoms with E-state index in [-0.39, 0.29) is 0 Å². The van der Waals surface area contributed by atoms with Crippen LogP contribution < -0.4 is 5.32 Å². The zero-order chi connectivity index (χ0) is 13.7. The molecule has 0 aliphatic carbocycles. The van der Waals surface area contributed by atoms with E-state index in [1.807, 2.05) is 0 Å². The molecule has 3 heteroatoms. The van der Waals surface area contributed by atoms with Gasteiger partial charge < -0.3 is 10.2 Å². The Kier molecular flexibility index (Phi) is 5.68. The first-order valence-corrected chi connectivity index (χ1v) is 8.18. The predicted octanol–water partition coefficient (Wildman–Crippen LogP) is 2.80. The van der Waals surface area contributed by atoms with Crippen LogP contribution in [0.25, 0.3) is 0 Å². The van der Waals surface area contributed by atoms with Crippen molar-refractivity contribution in [3.63, 3.8) is 0 Å². The summed E-state index contributed by atoms with van der Waals surface area (Å²) < 4.78 is 0. The van der Waals surface area contributed by atoms with Crippen LogP contribution in [-0.4, -0.2) is 36.5 Å². The van der Waals surface area contributed by atoms with Crippen LogP contribution >= 0.6 is 0 Å². The number of nitrogens with one attached hydrogen (secondary N) is 1. The van der Waals surface area contributed by atoms with Crippen molar-refractivity contribution in [3.8, 4) is 0 Å². The Hall–Kier alpha value is -0.570. The van der Waals surface area contributed by atoms with Gasteiger partial charge in [0.2, 0.25) is 5.91 Å². The molecule has 0 aromatic carbocycles. The third-order valence-electron chi connectivity index (χ3n) is 4.86. The van der Waals surface area contributed by atoms with E-state index >= 15 is 0 Å². The maximum Gasteiger partial charge on any atom is 0.222 e. The van der Waals surface area contributed by atoms with E-state index in [4.69, 9.17) is 0 Å². The topological polar surface area (TPSA) is 32.3 Å². The van der Waals surface area contributed by atoms with Crippen LogP contribution in [0.15, 0.2) is 0 Å². The largest absolute Gasteiger partial charge is 0.339 e. The summed E-state index contributed by atoms with van der Waals surface area (Å²) in [7, 11) is 0. The van der Waals surface area contributed by atoms with Gasteiger partial charge in [-0.2, -0.15) is 0 Å². The van der Waals surface area contributed by atoms with E-state index in [0.717, 1.165) is 38.4 Å². The minimum Gasteiger partial charge on any atom is -0.339 e. The lowest BCUT2D eigenvalue weighted by Crippen LogP contribution is -2.46. The Bertz CT molecular complexity index is 284. The van der Waals surface area contributed by atoms with Crippen LogP contribution in [0.3, 0.4) is 0 Å². The van der Waals surface area contributed by atoms with Gasteiger partial charge in [0.25, 0.3) is 0 Å². The van der Waals surface area contributed by atoms with E-state index in [1.54, 1.807) is 0 Å². The second kappa shape index (κ2) is 7.28. The molecule has 2 saturated heterocycles. The Labute approximate surface area is 118 Å². The highest BCUT2D eigenvalue weighted by Gasteiger charge is 2.28. The summed E-state index contributed by atoms with van der Waals surface area (Å²) in [4.78, 5) is 14.7. The molecular weight excluding hydrogens is 236 g/mol. The molecule has 110 valence electrons. The average Bonchev–Trinajstić information content (AvgIpc) is 2.46. The standard InChI is InChI=1S/C16H30N2O/c1-13(2)15-5-3-4-12-18(15)16(19)7-6-14-8-10-17-11-9-14/h13-15,17H,3-12H2,1-2H3. The van der Waals surface area contributed by atoms with Gasteiger partial charge in [0.15, 0.2) is 0 Å². The van der Waals surface area contributed by atoms with E-state index in [1.165, 1.54) is 32.1 Å². The molecule has 2 rings (SSSR count). The Morgan fingerprint density at radius 1 is 1.21 bits per heavy atom. The molecular formula is C16H30N2O. The van der Waals surface area contributed by atoms with Crippen molar-refractivity contribution < 1.29 is 4.79 Å². The quantitative estimate of drug-likeness (QED) is 0.848. The van der Waals surface area contributed by atoms with Crippen LogP contribution in [0.1, 0.15) is 58.8 Å². The number of rotatable bonds is 4. The van der Waals surface area contributed by atoms with Crippen LogP contribution in [0.5, 0.6) is 0 Å². The van der Waals surface area contributed by atoms with E-state index in [9.17, 15) is 4.79 Å². The van der Waals surface area contributed by atoms with Crippen molar-refractivity contribution in [1.29, 1.82) is 0 Å². The Balaban J connectivity index is 1.80. The van der Waals surface area contributed by atoms with Crippen molar-refractivity contribution in [3.05, 3.63) is 0 Å². The fourth-order valence-corrected chi connectivity index (χ4v) is 3.60. The van der Waals surface area contributed by atoms with E-state index in [2.05, 4.69) is 24.1 Å². The number of hydrogen-bond donors (Lipinski definition) is 1. The fourth-order valence-electron chi connectivity index (χ4n) is 3.60. The molecule has 0 bridgehead atoms. The molecule has 2 heterocycles. The highest BCUT2D eigenvalue weighted by atomic mass is 16.2. The predicted molar refractivity (Wildman–Crippen MR) is 79.0 cm³/mol. The van der Waals surface area contributed by atoms with E-state index < -0.39 is 0 Å². The number of hydrogen-bond acceptors (Lipinski definition) is 2. The summed E-state index contributed by atoms with van der Waals surface area (Å²) in [5.41, 5.74) is 0. The molecule has 2 aliphatic rings. The SMILES string of the molecule is CC(C)C1CCCCN1C(=O)CCC1CCNCC1.